The molecular weight excluding hydrogens is 367 g/mol. The second kappa shape index (κ2) is 7.69. The van der Waals surface area contributed by atoms with E-state index < -0.39 is 15.8 Å². The lowest BCUT2D eigenvalue weighted by molar-refractivity contribution is 0.250. The first-order chi connectivity index (χ1) is 12.7. The van der Waals surface area contributed by atoms with Gasteiger partial charge in [-0.15, -0.1) is 0 Å². The smallest absolute Gasteiger partial charge is 0.243 e. The van der Waals surface area contributed by atoms with Crippen LogP contribution in [0.5, 0.6) is 0 Å². The van der Waals surface area contributed by atoms with Gasteiger partial charge in [0.15, 0.2) is 0 Å². The van der Waals surface area contributed by atoms with Crippen LogP contribution in [0, 0.1) is 12.7 Å². The van der Waals surface area contributed by atoms with Gasteiger partial charge in [0.1, 0.15) is 5.82 Å². The fourth-order valence-electron chi connectivity index (χ4n) is 3.52. The van der Waals surface area contributed by atoms with Crippen LogP contribution in [0.1, 0.15) is 42.3 Å². The molecule has 0 radical (unpaired) electrons. The molecule has 2 heterocycles. The van der Waals surface area contributed by atoms with E-state index in [9.17, 15) is 12.8 Å². The van der Waals surface area contributed by atoms with E-state index in [0.717, 1.165) is 36.8 Å². The predicted octanol–water partition coefficient (Wildman–Crippen LogP) is 2.85. The molecule has 0 spiro atoms. The number of halogens is 1. The Morgan fingerprint density at radius 2 is 2.00 bits per heavy atom. The summed E-state index contributed by atoms with van der Waals surface area (Å²) in [6.07, 6.45) is 2.45. The van der Waals surface area contributed by atoms with Crippen molar-refractivity contribution in [1.82, 2.24) is 19.0 Å². The van der Waals surface area contributed by atoms with Crippen LogP contribution in [0.3, 0.4) is 0 Å². The minimum absolute atomic E-state index is 0.00180. The predicted molar refractivity (Wildman–Crippen MR) is 102 cm³/mol. The van der Waals surface area contributed by atoms with Crippen molar-refractivity contribution in [3.05, 3.63) is 47.0 Å². The van der Waals surface area contributed by atoms with Crippen LogP contribution in [0.4, 0.5) is 4.39 Å². The summed E-state index contributed by atoms with van der Waals surface area (Å²) in [7, 11) is 2.05. The van der Waals surface area contributed by atoms with Crippen molar-refractivity contribution in [3.8, 4) is 0 Å². The van der Waals surface area contributed by atoms with Gasteiger partial charge in [-0.05, 0) is 57.6 Å². The molecule has 1 unspecified atom stereocenters. The SMILES string of the molecule is Cc1ccc(S(=O)(=O)N2CCCCC2c2cc(CN(C)C)n(C)n2)cc1F. The number of benzene rings is 1. The molecule has 1 atom stereocenters. The van der Waals surface area contributed by atoms with Gasteiger partial charge >= 0.3 is 0 Å². The molecule has 8 heteroatoms. The zero-order valence-electron chi connectivity index (χ0n) is 16.3. The molecule has 0 bridgehead atoms. The van der Waals surface area contributed by atoms with Crippen LogP contribution in [-0.4, -0.2) is 48.0 Å². The zero-order chi connectivity index (χ0) is 19.8. The minimum atomic E-state index is -3.79. The number of rotatable bonds is 5. The summed E-state index contributed by atoms with van der Waals surface area (Å²) in [5.74, 6) is -0.504. The number of hydrogen-bond donors (Lipinski definition) is 0. The number of aryl methyl sites for hydroxylation is 2. The van der Waals surface area contributed by atoms with Gasteiger partial charge in [-0.1, -0.05) is 12.5 Å². The monoisotopic (exact) mass is 394 g/mol. The number of aromatic nitrogens is 2. The zero-order valence-corrected chi connectivity index (χ0v) is 17.1. The second-order valence-corrected chi connectivity index (χ2v) is 9.35. The van der Waals surface area contributed by atoms with Gasteiger partial charge in [-0.25, -0.2) is 12.8 Å². The maximum atomic E-state index is 14.0. The van der Waals surface area contributed by atoms with Crippen LogP contribution >= 0.6 is 0 Å². The topological polar surface area (TPSA) is 58.4 Å². The quantitative estimate of drug-likeness (QED) is 0.783. The molecule has 0 N–H and O–H groups in total. The Hall–Kier alpha value is -1.77. The van der Waals surface area contributed by atoms with Crippen molar-refractivity contribution < 1.29 is 12.8 Å². The maximum Gasteiger partial charge on any atom is 0.243 e. The summed E-state index contributed by atoms with van der Waals surface area (Å²) < 4.78 is 43.7. The second-order valence-electron chi connectivity index (χ2n) is 7.46. The fraction of sp³-hybridized carbons (Fsp3) is 0.526. The van der Waals surface area contributed by atoms with Gasteiger partial charge in [-0.2, -0.15) is 9.40 Å². The third kappa shape index (κ3) is 4.07. The summed E-state index contributed by atoms with van der Waals surface area (Å²) in [5, 5.41) is 4.59. The Kier molecular flexibility index (Phi) is 5.69. The van der Waals surface area contributed by atoms with Gasteiger partial charge in [0, 0.05) is 20.1 Å². The molecule has 1 fully saturated rings. The van der Waals surface area contributed by atoms with Crippen molar-refractivity contribution in [2.75, 3.05) is 20.6 Å². The molecule has 148 valence electrons. The van der Waals surface area contributed by atoms with Crippen molar-refractivity contribution in [2.45, 2.75) is 43.7 Å². The molecule has 27 heavy (non-hydrogen) atoms. The largest absolute Gasteiger partial charge is 0.304 e. The van der Waals surface area contributed by atoms with Gasteiger partial charge in [0.25, 0.3) is 0 Å². The molecule has 2 aromatic rings. The van der Waals surface area contributed by atoms with E-state index in [1.54, 1.807) is 11.6 Å². The summed E-state index contributed by atoms with van der Waals surface area (Å²) in [6, 6.07) is 5.77. The number of piperidine rings is 1. The van der Waals surface area contributed by atoms with Crippen molar-refractivity contribution >= 4 is 10.0 Å². The fourth-order valence-corrected chi connectivity index (χ4v) is 5.20. The van der Waals surface area contributed by atoms with E-state index in [-0.39, 0.29) is 10.9 Å². The molecule has 0 aliphatic carbocycles. The van der Waals surface area contributed by atoms with Crippen LogP contribution in [0.15, 0.2) is 29.2 Å². The third-order valence-corrected chi connectivity index (χ3v) is 6.92. The highest BCUT2D eigenvalue weighted by Gasteiger charge is 2.36. The normalized spacial score (nSPS) is 19.0. The Balaban J connectivity index is 1.97. The van der Waals surface area contributed by atoms with E-state index in [1.807, 2.05) is 32.1 Å². The van der Waals surface area contributed by atoms with E-state index in [2.05, 4.69) is 5.10 Å². The Morgan fingerprint density at radius 1 is 1.26 bits per heavy atom. The van der Waals surface area contributed by atoms with E-state index in [1.165, 1.54) is 16.4 Å². The number of sulfonamides is 1. The van der Waals surface area contributed by atoms with E-state index >= 15 is 0 Å². The lowest BCUT2D eigenvalue weighted by Crippen LogP contribution is -2.38. The highest BCUT2D eigenvalue weighted by atomic mass is 32.2. The van der Waals surface area contributed by atoms with Crippen molar-refractivity contribution in [2.24, 2.45) is 7.05 Å². The first-order valence-electron chi connectivity index (χ1n) is 9.15. The molecular formula is C19H27FN4O2S. The summed E-state index contributed by atoms with van der Waals surface area (Å²) in [5.41, 5.74) is 2.21. The van der Waals surface area contributed by atoms with E-state index in [4.69, 9.17) is 0 Å². The molecule has 1 aromatic carbocycles. The van der Waals surface area contributed by atoms with E-state index in [0.29, 0.717) is 18.5 Å². The maximum absolute atomic E-state index is 14.0. The number of hydrogen-bond acceptors (Lipinski definition) is 4. The first-order valence-corrected chi connectivity index (χ1v) is 10.6. The van der Waals surface area contributed by atoms with Gasteiger partial charge in [0.05, 0.1) is 22.3 Å². The summed E-state index contributed by atoms with van der Waals surface area (Å²) in [4.78, 5) is 2.05. The summed E-state index contributed by atoms with van der Waals surface area (Å²) in [6.45, 7) is 2.77. The minimum Gasteiger partial charge on any atom is -0.304 e. The molecule has 1 aliphatic rings. The Morgan fingerprint density at radius 3 is 2.67 bits per heavy atom. The standard InChI is InChI=1S/C19H27FN4O2S/c1-14-8-9-16(12-17(14)20)27(25,26)24-10-6-5-7-19(24)18-11-15(13-22(2)3)23(4)21-18/h8-9,11-12,19H,5-7,10,13H2,1-4H3. The molecule has 1 saturated heterocycles. The van der Waals surface area contributed by atoms with Crippen LogP contribution < -0.4 is 0 Å². The average molecular weight is 395 g/mol. The lowest BCUT2D eigenvalue weighted by Gasteiger charge is -2.33. The van der Waals surface area contributed by atoms with Gasteiger partial charge in [0.2, 0.25) is 10.0 Å². The average Bonchev–Trinajstić information content (AvgIpc) is 2.97. The van der Waals surface area contributed by atoms with Gasteiger partial charge in [-0.3, -0.25) is 4.68 Å². The Bertz CT molecular complexity index is 924. The summed E-state index contributed by atoms with van der Waals surface area (Å²) >= 11 is 0. The lowest BCUT2D eigenvalue weighted by atomic mass is 10.0. The van der Waals surface area contributed by atoms with Crippen LogP contribution in [-0.2, 0) is 23.6 Å². The van der Waals surface area contributed by atoms with Gasteiger partial charge < -0.3 is 4.90 Å². The van der Waals surface area contributed by atoms with Crippen LogP contribution in [0.2, 0.25) is 0 Å². The molecule has 1 aromatic heterocycles. The molecule has 0 amide bonds. The third-order valence-electron chi connectivity index (χ3n) is 5.02. The van der Waals surface area contributed by atoms with Crippen molar-refractivity contribution in [3.63, 3.8) is 0 Å². The molecule has 0 saturated carbocycles. The number of nitrogens with zero attached hydrogens (tertiary/aromatic N) is 4. The highest BCUT2D eigenvalue weighted by Crippen LogP contribution is 2.35. The van der Waals surface area contributed by atoms with Crippen molar-refractivity contribution in [1.29, 1.82) is 0 Å². The Labute approximate surface area is 160 Å². The molecule has 3 rings (SSSR count). The molecule has 1 aliphatic heterocycles. The van der Waals surface area contributed by atoms with Crippen LogP contribution in [0.25, 0.3) is 0 Å². The first kappa shape index (κ1) is 20.0. The highest BCUT2D eigenvalue weighted by molar-refractivity contribution is 7.89. The molecule has 6 nitrogen and oxygen atoms in total.